The van der Waals surface area contributed by atoms with Crippen molar-refractivity contribution in [2.45, 2.75) is 18.2 Å². The van der Waals surface area contributed by atoms with Crippen LogP contribution < -0.4 is 9.62 Å². The van der Waals surface area contributed by atoms with Crippen molar-refractivity contribution in [1.82, 2.24) is 5.16 Å². The maximum Gasteiger partial charge on any atom is 0.331 e. The molecule has 0 aliphatic carbocycles. The lowest BCUT2D eigenvalue weighted by Gasteiger charge is -2.19. The zero-order chi connectivity index (χ0) is 23.4. The molecule has 4 rings (SSSR count). The van der Waals surface area contributed by atoms with Gasteiger partial charge in [0, 0.05) is 18.7 Å². The van der Waals surface area contributed by atoms with Crippen LogP contribution in [0.4, 0.5) is 11.5 Å². The van der Waals surface area contributed by atoms with Crippen LogP contribution in [-0.2, 0) is 30.8 Å². The highest BCUT2D eigenvalue weighted by molar-refractivity contribution is 7.92. The van der Waals surface area contributed by atoms with E-state index in [0.717, 1.165) is 11.6 Å². The van der Waals surface area contributed by atoms with Crippen molar-refractivity contribution in [3.63, 3.8) is 0 Å². The van der Waals surface area contributed by atoms with Crippen molar-refractivity contribution >= 4 is 39.5 Å². The summed E-state index contributed by atoms with van der Waals surface area (Å²) in [6.07, 6.45) is 3.31. The number of rotatable bonds is 7. The minimum atomic E-state index is -3.68. The lowest BCUT2D eigenvalue weighted by molar-refractivity contribution is -0.142. The van der Waals surface area contributed by atoms with Crippen molar-refractivity contribution in [1.29, 1.82) is 0 Å². The zero-order valence-corrected chi connectivity index (χ0v) is 18.5. The highest BCUT2D eigenvalue weighted by Crippen LogP contribution is 2.32. The predicted octanol–water partition coefficient (Wildman–Crippen LogP) is 2.93. The molecule has 0 radical (unpaired) electrons. The standard InChI is InChI=1S/C23H21N3O6S/c1-16-14-21(25-32-16)24-22(27)15-31-23(28)11-8-17-6-9-19(10-7-17)33(29,30)26-13-12-18-4-2-3-5-20(18)26/h2-11,14H,12-13,15H2,1H3,(H,24,25,27). The van der Waals surface area contributed by atoms with Gasteiger partial charge in [0.15, 0.2) is 12.4 Å². The smallest absolute Gasteiger partial charge is 0.331 e. The Bertz CT molecular complexity index is 1310. The molecule has 9 nitrogen and oxygen atoms in total. The minimum absolute atomic E-state index is 0.165. The summed E-state index contributed by atoms with van der Waals surface area (Å²) in [6, 6.07) is 15.2. The summed E-state index contributed by atoms with van der Waals surface area (Å²) in [7, 11) is -3.68. The average molecular weight is 468 g/mol. The molecule has 0 saturated carbocycles. The number of sulfonamides is 1. The number of nitrogens with zero attached hydrogens (tertiary/aromatic N) is 2. The lowest BCUT2D eigenvalue weighted by atomic mass is 10.2. The maximum atomic E-state index is 13.0. The highest BCUT2D eigenvalue weighted by atomic mass is 32.2. The third-order valence-corrected chi connectivity index (χ3v) is 6.79. The Labute approximate surface area is 190 Å². The van der Waals surface area contributed by atoms with Crippen molar-refractivity contribution in [3.05, 3.63) is 77.6 Å². The third-order valence-electron chi connectivity index (χ3n) is 4.97. The number of hydrogen-bond acceptors (Lipinski definition) is 7. The number of para-hydroxylation sites is 1. The first kappa shape index (κ1) is 22.3. The van der Waals surface area contributed by atoms with Gasteiger partial charge in [-0.1, -0.05) is 35.5 Å². The number of esters is 1. The lowest BCUT2D eigenvalue weighted by Crippen LogP contribution is -2.29. The molecular formula is C23H21N3O6S. The average Bonchev–Trinajstić information content (AvgIpc) is 3.43. The molecule has 2 heterocycles. The van der Waals surface area contributed by atoms with E-state index in [0.29, 0.717) is 30.0 Å². The van der Waals surface area contributed by atoms with E-state index in [1.807, 2.05) is 18.2 Å². The van der Waals surface area contributed by atoms with Gasteiger partial charge < -0.3 is 14.6 Å². The summed E-state index contributed by atoms with van der Waals surface area (Å²) < 4.78 is 37.2. The molecular weight excluding hydrogens is 446 g/mol. The Balaban J connectivity index is 1.33. The molecule has 0 unspecified atom stereocenters. The first-order valence-corrected chi connectivity index (χ1v) is 11.6. The Morgan fingerprint density at radius 3 is 2.67 bits per heavy atom. The molecule has 1 aromatic heterocycles. The summed E-state index contributed by atoms with van der Waals surface area (Å²) in [4.78, 5) is 23.8. The van der Waals surface area contributed by atoms with E-state index in [2.05, 4.69) is 10.5 Å². The molecule has 33 heavy (non-hydrogen) atoms. The highest BCUT2D eigenvalue weighted by Gasteiger charge is 2.30. The van der Waals surface area contributed by atoms with Gasteiger partial charge in [0.2, 0.25) is 0 Å². The van der Waals surface area contributed by atoms with Crippen LogP contribution in [0.15, 0.2) is 70.1 Å². The fourth-order valence-electron chi connectivity index (χ4n) is 3.39. The Kier molecular flexibility index (Phi) is 6.27. The van der Waals surface area contributed by atoms with Crippen LogP contribution in [0.1, 0.15) is 16.9 Å². The van der Waals surface area contributed by atoms with Crippen molar-refractivity contribution in [3.8, 4) is 0 Å². The molecule has 0 bridgehead atoms. The van der Waals surface area contributed by atoms with Gasteiger partial charge in [-0.15, -0.1) is 0 Å². The second-order valence-corrected chi connectivity index (χ2v) is 9.20. The summed E-state index contributed by atoms with van der Waals surface area (Å²) in [5.41, 5.74) is 2.31. The number of nitrogens with one attached hydrogen (secondary N) is 1. The van der Waals surface area contributed by atoms with Gasteiger partial charge in [-0.05, 0) is 48.7 Å². The Hall–Kier alpha value is -3.92. The molecule has 3 aromatic rings. The van der Waals surface area contributed by atoms with Crippen LogP contribution in [0, 0.1) is 6.92 Å². The van der Waals surface area contributed by atoms with Gasteiger partial charge in [0.05, 0.1) is 10.6 Å². The molecule has 0 spiro atoms. The van der Waals surface area contributed by atoms with E-state index in [-0.39, 0.29) is 10.7 Å². The number of fused-ring (bicyclic) bond motifs is 1. The minimum Gasteiger partial charge on any atom is -0.452 e. The Morgan fingerprint density at radius 1 is 1.18 bits per heavy atom. The number of amides is 1. The van der Waals surface area contributed by atoms with Gasteiger partial charge in [-0.25, -0.2) is 13.2 Å². The molecule has 0 fully saturated rings. The Morgan fingerprint density at radius 2 is 1.94 bits per heavy atom. The first-order valence-electron chi connectivity index (χ1n) is 10.1. The normalized spacial score (nSPS) is 13.2. The van der Waals surface area contributed by atoms with E-state index in [4.69, 9.17) is 9.26 Å². The summed E-state index contributed by atoms with van der Waals surface area (Å²) >= 11 is 0. The number of hydrogen-bond donors (Lipinski definition) is 1. The summed E-state index contributed by atoms with van der Waals surface area (Å²) in [5, 5.41) is 6.05. The molecule has 0 atom stereocenters. The largest absolute Gasteiger partial charge is 0.452 e. The van der Waals surface area contributed by atoms with Crippen molar-refractivity contribution < 1.29 is 27.3 Å². The van der Waals surface area contributed by atoms with Gasteiger partial charge >= 0.3 is 5.97 Å². The molecule has 1 N–H and O–H groups in total. The maximum absolute atomic E-state index is 13.0. The molecule has 2 aromatic carbocycles. The topological polar surface area (TPSA) is 119 Å². The third kappa shape index (κ3) is 5.12. The monoisotopic (exact) mass is 467 g/mol. The number of aryl methyl sites for hydroxylation is 1. The van der Waals surface area contributed by atoms with E-state index in [1.54, 1.807) is 25.1 Å². The van der Waals surface area contributed by atoms with Crippen molar-refractivity contribution in [2.75, 3.05) is 22.8 Å². The quantitative estimate of drug-likeness (QED) is 0.419. The molecule has 10 heteroatoms. The van der Waals surface area contributed by atoms with Crippen LogP contribution in [0.2, 0.25) is 0 Å². The zero-order valence-electron chi connectivity index (χ0n) is 17.7. The SMILES string of the molecule is Cc1cc(NC(=O)COC(=O)C=Cc2ccc(S(=O)(=O)N3CCc4ccccc43)cc2)no1. The van der Waals surface area contributed by atoms with Gasteiger partial charge in [-0.2, -0.15) is 0 Å². The van der Waals surface area contributed by atoms with Gasteiger partial charge in [-0.3, -0.25) is 9.10 Å². The van der Waals surface area contributed by atoms with Crippen LogP contribution >= 0.6 is 0 Å². The fraction of sp³-hybridized carbons (Fsp3) is 0.174. The number of carbonyl (C=O) groups excluding carboxylic acids is 2. The molecule has 0 saturated heterocycles. The van der Waals surface area contributed by atoms with Crippen LogP contribution in [0.25, 0.3) is 6.08 Å². The van der Waals surface area contributed by atoms with Gasteiger partial charge in [0.25, 0.3) is 15.9 Å². The van der Waals surface area contributed by atoms with Gasteiger partial charge in [0.1, 0.15) is 5.76 Å². The van der Waals surface area contributed by atoms with E-state index < -0.39 is 28.5 Å². The number of benzene rings is 2. The van der Waals surface area contributed by atoms with E-state index >= 15 is 0 Å². The summed E-state index contributed by atoms with van der Waals surface area (Å²) in [5.74, 6) is -0.499. The van der Waals surface area contributed by atoms with Crippen LogP contribution in [-0.4, -0.2) is 38.6 Å². The molecule has 1 aliphatic heterocycles. The van der Waals surface area contributed by atoms with E-state index in [1.165, 1.54) is 28.6 Å². The number of ether oxygens (including phenoxy) is 1. The van der Waals surface area contributed by atoms with E-state index in [9.17, 15) is 18.0 Å². The van der Waals surface area contributed by atoms with Crippen LogP contribution in [0.5, 0.6) is 0 Å². The summed E-state index contributed by atoms with van der Waals surface area (Å²) in [6.45, 7) is 1.60. The number of anilines is 2. The van der Waals surface area contributed by atoms with Crippen molar-refractivity contribution in [2.24, 2.45) is 0 Å². The first-order chi connectivity index (χ1) is 15.8. The molecule has 1 amide bonds. The second-order valence-electron chi connectivity index (χ2n) is 7.34. The van der Waals surface area contributed by atoms with Crippen LogP contribution in [0.3, 0.4) is 0 Å². The fourth-order valence-corrected chi connectivity index (χ4v) is 4.89. The number of carbonyl (C=O) groups is 2. The molecule has 1 aliphatic rings. The second kappa shape index (κ2) is 9.29. The predicted molar refractivity (Wildman–Crippen MR) is 121 cm³/mol. The molecule has 170 valence electrons. The number of aromatic nitrogens is 1.